The van der Waals surface area contributed by atoms with Crippen LogP contribution in [0.1, 0.15) is 46.9 Å². The summed E-state index contributed by atoms with van der Waals surface area (Å²) in [5.41, 5.74) is 20.2. The molecule has 4 nitrogen and oxygen atoms in total. The highest BCUT2D eigenvalue weighted by molar-refractivity contribution is 6.07. The Bertz CT molecular complexity index is 2860. The van der Waals surface area contributed by atoms with Gasteiger partial charge in [0.05, 0.1) is 16.7 Å². The smallest absolute Gasteiger partial charge is 0.0625 e. The van der Waals surface area contributed by atoms with Crippen molar-refractivity contribution in [3.63, 3.8) is 0 Å². The van der Waals surface area contributed by atoms with Gasteiger partial charge in [0.1, 0.15) is 0 Å². The Morgan fingerprint density at radius 3 is 1.72 bits per heavy atom. The average Bonchev–Trinajstić information content (AvgIpc) is 3.91. The summed E-state index contributed by atoms with van der Waals surface area (Å²) < 4.78 is 9.76. The Balaban J connectivity index is 1.09. The maximum absolute atomic E-state index is 2.49. The standard InChI is InChI=1S/C49H42N4/c1-31-24-47-45(28-34(4)51(47)40-18-10-7-11-19-40)49-43(31)26-35(5)53(49)42-21-13-15-37(30-42)36-14-12-20-41(29-36)52-32(2)25-38-22-23-46-44(48(38)52)27-33(3)50(46)39-16-8-6-9-17-39/h6-23,25-31H,24H2,1-5H3. The van der Waals surface area contributed by atoms with E-state index in [9.17, 15) is 0 Å². The van der Waals surface area contributed by atoms with Crippen LogP contribution in [0.25, 0.3) is 66.9 Å². The van der Waals surface area contributed by atoms with Crippen LogP contribution in [-0.4, -0.2) is 18.3 Å². The number of benzene rings is 5. The largest absolute Gasteiger partial charge is 0.318 e. The van der Waals surface area contributed by atoms with Crippen LogP contribution >= 0.6 is 0 Å². The second-order valence-electron chi connectivity index (χ2n) is 15.0. The van der Waals surface area contributed by atoms with E-state index in [0.717, 1.165) is 6.42 Å². The van der Waals surface area contributed by atoms with E-state index >= 15 is 0 Å². The summed E-state index contributed by atoms with van der Waals surface area (Å²) in [5.74, 6) is 0.425. The average molecular weight is 687 g/mol. The second-order valence-corrected chi connectivity index (χ2v) is 15.0. The third-order valence-corrected chi connectivity index (χ3v) is 11.5. The number of hydrogen-bond donors (Lipinski definition) is 0. The molecule has 0 N–H and O–H groups in total. The fourth-order valence-corrected chi connectivity index (χ4v) is 9.23. The van der Waals surface area contributed by atoms with E-state index in [2.05, 4.69) is 198 Å². The van der Waals surface area contributed by atoms with Gasteiger partial charge in [-0.05, 0) is 136 Å². The zero-order valence-corrected chi connectivity index (χ0v) is 30.9. The summed E-state index contributed by atoms with van der Waals surface area (Å²) in [7, 11) is 0. The molecule has 1 unspecified atom stereocenters. The molecule has 4 aromatic heterocycles. The number of fused-ring (bicyclic) bond motifs is 6. The summed E-state index contributed by atoms with van der Waals surface area (Å²) in [6.45, 7) is 11.3. The molecule has 0 bridgehead atoms. The Labute approximate surface area is 310 Å². The molecule has 1 aliphatic rings. The maximum Gasteiger partial charge on any atom is 0.0625 e. The highest BCUT2D eigenvalue weighted by Crippen LogP contribution is 2.45. The molecule has 1 aliphatic carbocycles. The SMILES string of the molecule is Cc1cc2c(n1-c1ccccc1)CC(C)c1cc(C)n(-c3cccc(-c4cccc(-n5c(C)cc6ccc7c(cc(C)n7-c7ccccc7)c65)c4)c3)c1-2. The molecular weight excluding hydrogens is 645 g/mol. The molecule has 0 aliphatic heterocycles. The van der Waals surface area contributed by atoms with E-state index in [1.165, 1.54) is 101 Å². The summed E-state index contributed by atoms with van der Waals surface area (Å²) in [5, 5.41) is 2.52. The lowest BCUT2D eigenvalue weighted by molar-refractivity contribution is 0.711. The molecule has 4 heteroatoms. The van der Waals surface area contributed by atoms with Crippen molar-refractivity contribution in [2.75, 3.05) is 0 Å². The molecule has 0 amide bonds. The van der Waals surface area contributed by atoms with Gasteiger partial charge in [-0.15, -0.1) is 0 Å². The Morgan fingerprint density at radius 2 is 1.04 bits per heavy atom. The molecule has 0 radical (unpaired) electrons. The maximum atomic E-state index is 2.49. The predicted octanol–water partition coefficient (Wildman–Crippen LogP) is 12.4. The minimum atomic E-state index is 0.425. The quantitative estimate of drug-likeness (QED) is 0.172. The van der Waals surface area contributed by atoms with Crippen LogP contribution in [0, 0.1) is 27.7 Å². The van der Waals surface area contributed by atoms with Gasteiger partial charge in [-0.2, -0.15) is 0 Å². The van der Waals surface area contributed by atoms with Crippen LogP contribution in [-0.2, 0) is 6.42 Å². The van der Waals surface area contributed by atoms with Crippen molar-refractivity contribution in [1.29, 1.82) is 0 Å². The van der Waals surface area contributed by atoms with Crippen molar-refractivity contribution in [1.82, 2.24) is 18.3 Å². The molecule has 0 saturated carbocycles. The van der Waals surface area contributed by atoms with Gasteiger partial charge in [-0.1, -0.05) is 73.7 Å². The second kappa shape index (κ2) is 11.9. The number of hydrogen-bond acceptors (Lipinski definition) is 0. The van der Waals surface area contributed by atoms with Gasteiger partial charge in [0.15, 0.2) is 0 Å². The van der Waals surface area contributed by atoms with Gasteiger partial charge in [-0.3, -0.25) is 0 Å². The van der Waals surface area contributed by atoms with Crippen LogP contribution in [0.5, 0.6) is 0 Å². The fourth-order valence-electron chi connectivity index (χ4n) is 9.23. The number of rotatable bonds is 5. The van der Waals surface area contributed by atoms with Crippen molar-refractivity contribution in [2.24, 2.45) is 0 Å². The van der Waals surface area contributed by atoms with E-state index < -0.39 is 0 Å². The van der Waals surface area contributed by atoms with E-state index in [-0.39, 0.29) is 0 Å². The minimum absolute atomic E-state index is 0.425. The van der Waals surface area contributed by atoms with Crippen LogP contribution < -0.4 is 0 Å². The molecule has 5 aromatic carbocycles. The van der Waals surface area contributed by atoms with Gasteiger partial charge in [0.2, 0.25) is 0 Å². The summed E-state index contributed by atoms with van der Waals surface area (Å²) >= 11 is 0. The van der Waals surface area contributed by atoms with Gasteiger partial charge >= 0.3 is 0 Å². The van der Waals surface area contributed by atoms with Gasteiger partial charge in [-0.25, -0.2) is 0 Å². The van der Waals surface area contributed by atoms with E-state index in [1.807, 2.05) is 0 Å². The molecular formula is C49H42N4. The van der Waals surface area contributed by atoms with Gasteiger partial charge < -0.3 is 18.3 Å². The van der Waals surface area contributed by atoms with Crippen LogP contribution in [0.15, 0.2) is 146 Å². The third-order valence-electron chi connectivity index (χ3n) is 11.5. The highest BCUT2D eigenvalue weighted by Gasteiger charge is 2.31. The lowest BCUT2D eigenvalue weighted by Gasteiger charge is -2.24. The number of aromatic nitrogens is 4. The van der Waals surface area contributed by atoms with Crippen LogP contribution in [0.4, 0.5) is 0 Å². The minimum Gasteiger partial charge on any atom is -0.318 e. The molecule has 1 atom stereocenters. The summed E-state index contributed by atoms with van der Waals surface area (Å²) in [4.78, 5) is 0. The molecule has 10 rings (SSSR count). The Hall–Kier alpha value is -6.26. The first-order valence-corrected chi connectivity index (χ1v) is 18.7. The molecule has 4 heterocycles. The van der Waals surface area contributed by atoms with E-state index in [0.29, 0.717) is 5.92 Å². The topological polar surface area (TPSA) is 19.7 Å². The summed E-state index contributed by atoms with van der Waals surface area (Å²) in [6.07, 6.45) is 1.03. The zero-order valence-electron chi connectivity index (χ0n) is 30.9. The number of nitrogens with zero attached hydrogens (tertiary/aromatic N) is 4. The van der Waals surface area contributed by atoms with Crippen molar-refractivity contribution >= 4 is 21.8 Å². The van der Waals surface area contributed by atoms with E-state index in [1.54, 1.807) is 0 Å². The third kappa shape index (κ3) is 4.82. The first-order chi connectivity index (χ1) is 25.9. The Morgan fingerprint density at radius 1 is 0.472 bits per heavy atom. The summed E-state index contributed by atoms with van der Waals surface area (Å²) in [6, 6.07) is 53.6. The number of para-hydroxylation sites is 2. The predicted molar refractivity (Wildman–Crippen MR) is 221 cm³/mol. The first-order valence-electron chi connectivity index (χ1n) is 18.7. The van der Waals surface area contributed by atoms with Crippen molar-refractivity contribution in [2.45, 2.75) is 47.0 Å². The van der Waals surface area contributed by atoms with Crippen LogP contribution in [0.2, 0.25) is 0 Å². The lowest BCUT2D eigenvalue weighted by atomic mass is 9.87. The molecule has 0 saturated heterocycles. The molecule has 0 spiro atoms. The lowest BCUT2D eigenvalue weighted by Crippen LogP contribution is -2.13. The first kappa shape index (κ1) is 31.5. The monoisotopic (exact) mass is 686 g/mol. The van der Waals surface area contributed by atoms with Crippen LogP contribution in [0.3, 0.4) is 0 Å². The van der Waals surface area contributed by atoms with Gasteiger partial charge in [0, 0.05) is 67.6 Å². The van der Waals surface area contributed by atoms with E-state index in [4.69, 9.17) is 0 Å². The zero-order chi connectivity index (χ0) is 36.0. The van der Waals surface area contributed by atoms with Crippen molar-refractivity contribution in [3.05, 3.63) is 180 Å². The van der Waals surface area contributed by atoms with Crippen molar-refractivity contribution in [3.8, 4) is 45.1 Å². The molecule has 9 aromatic rings. The highest BCUT2D eigenvalue weighted by atomic mass is 15.0. The molecule has 258 valence electrons. The van der Waals surface area contributed by atoms with Gasteiger partial charge in [0.25, 0.3) is 0 Å². The number of aryl methyl sites for hydroxylation is 4. The molecule has 53 heavy (non-hydrogen) atoms. The van der Waals surface area contributed by atoms with Crippen molar-refractivity contribution < 1.29 is 0 Å². The molecule has 0 fully saturated rings. The Kier molecular flexibility index (Phi) is 7.06. The normalized spacial score (nSPS) is 13.9. The fraction of sp³-hybridized carbons (Fsp3) is 0.143.